The van der Waals surface area contributed by atoms with Gasteiger partial charge in [0.1, 0.15) is 5.82 Å². The van der Waals surface area contributed by atoms with Gasteiger partial charge in [-0.15, -0.1) is 0 Å². The van der Waals surface area contributed by atoms with E-state index in [-0.39, 0.29) is 10.6 Å². The summed E-state index contributed by atoms with van der Waals surface area (Å²) in [6.07, 6.45) is 0. The zero-order valence-corrected chi connectivity index (χ0v) is 7.68. The molecule has 0 aliphatic heterocycles. The maximum atomic E-state index is 12.7. The van der Waals surface area contributed by atoms with Crippen LogP contribution in [0.15, 0.2) is 23.1 Å². The number of hydrogen-bond donors (Lipinski definition) is 3. The second-order valence-corrected chi connectivity index (χ2v) is 3.32. The fourth-order valence-corrected chi connectivity index (χ4v) is 1.40. The van der Waals surface area contributed by atoms with Crippen LogP contribution in [0.3, 0.4) is 0 Å². The van der Waals surface area contributed by atoms with Crippen molar-refractivity contribution in [2.45, 2.75) is 4.90 Å². The van der Waals surface area contributed by atoms with Crippen molar-refractivity contribution in [1.82, 2.24) is 0 Å². The number of carbonyl (C=O) groups is 1. The minimum atomic E-state index is -2.38. The van der Waals surface area contributed by atoms with Crippen molar-refractivity contribution in [2.75, 3.05) is 5.32 Å². The maximum absolute atomic E-state index is 12.7. The molecule has 0 aliphatic rings. The van der Waals surface area contributed by atoms with Gasteiger partial charge in [-0.25, -0.2) is 13.4 Å². The molecule has 0 bridgehead atoms. The molecule has 5 nitrogen and oxygen atoms in total. The maximum Gasteiger partial charge on any atom is 0.316 e. The highest BCUT2D eigenvalue weighted by atomic mass is 32.2. The molecule has 0 aliphatic carbocycles. The quantitative estimate of drug-likeness (QED) is 0.644. The Morgan fingerprint density at radius 1 is 1.57 bits per heavy atom. The summed E-state index contributed by atoms with van der Waals surface area (Å²) in [6.45, 7) is 0. The molecule has 1 rings (SSSR count). The Bertz CT molecular complexity index is 397. The lowest BCUT2D eigenvalue weighted by atomic mass is 10.3. The van der Waals surface area contributed by atoms with E-state index in [0.29, 0.717) is 0 Å². The third-order valence-electron chi connectivity index (χ3n) is 1.39. The molecule has 0 fully saturated rings. The highest BCUT2D eigenvalue weighted by molar-refractivity contribution is 7.79. The molecule has 0 radical (unpaired) electrons. The summed E-state index contributed by atoms with van der Waals surface area (Å²) in [5, 5.41) is 2.10. The fraction of sp³-hybridized carbons (Fsp3) is 0. The van der Waals surface area contributed by atoms with Gasteiger partial charge < -0.3 is 15.6 Å². The number of nitrogens with two attached hydrogens (primary N) is 1. The molecule has 0 heterocycles. The lowest BCUT2D eigenvalue weighted by molar-refractivity contribution is 0.259. The fourth-order valence-electron chi connectivity index (χ4n) is 0.877. The summed E-state index contributed by atoms with van der Waals surface area (Å²) in [5.41, 5.74) is 4.82. The van der Waals surface area contributed by atoms with Crippen molar-refractivity contribution in [2.24, 2.45) is 5.73 Å². The van der Waals surface area contributed by atoms with Crippen molar-refractivity contribution >= 4 is 22.8 Å². The largest absolute Gasteiger partial charge is 0.351 e. The summed E-state index contributed by atoms with van der Waals surface area (Å²) in [4.78, 5) is 10.2. The van der Waals surface area contributed by atoms with Crippen molar-refractivity contribution in [3.63, 3.8) is 0 Å². The van der Waals surface area contributed by atoms with Crippen LogP contribution in [0.1, 0.15) is 0 Å². The molecule has 0 aromatic heterocycles. The Morgan fingerprint density at radius 2 is 2.21 bits per heavy atom. The molecule has 2 amide bonds. The van der Waals surface area contributed by atoms with Crippen LogP contribution in [0.2, 0.25) is 0 Å². The Kier molecular flexibility index (Phi) is 3.15. The van der Waals surface area contributed by atoms with Gasteiger partial charge >= 0.3 is 6.03 Å². The van der Waals surface area contributed by atoms with Gasteiger partial charge in [-0.2, -0.15) is 0 Å². The minimum Gasteiger partial charge on any atom is -0.351 e. The zero-order valence-electron chi connectivity index (χ0n) is 6.86. The Hall–Kier alpha value is -1.47. The molecular formula is C7H7FN2O3S. The molecule has 76 valence electrons. The first-order valence-electron chi connectivity index (χ1n) is 3.47. The first-order chi connectivity index (χ1) is 6.50. The van der Waals surface area contributed by atoms with Gasteiger partial charge in [0.2, 0.25) is 0 Å². The van der Waals surface area contributed by atoms with Gasteiger partial charge in [-0.3, -0.25) is 0 Å². The summed E-state index contributed by atoms with van der Waals surface area (Å²) >= 11 is -2.38. The molecule has 0 spiro atoms. The number of amides is 2. The SMILES string of the molecule is NC(=O)Nc1ccc(F)cc1S(=O)O. The van der Waals surface area contributed by atoms with Gasteiger partial charge in [0, 0.05) is 0 Å². The van der Waals surface area contributed by atoms with Gasteiger partial charge in [0.25, 0.3) is 0 Å². The second-order valence-electron chi connectivity index (χ2n) is 2.38. The van der Waals surface area contributed by atoms with Crippen LogP contribution in [-0.4, -0.2) is 14.8 Å². The molecular weight excluding hydrogens is 211 g/mol. The van der Waals surface area contributed by atoms with E-state index in [1.807, 2.05) is 0 Å². The van der Waals surface area contributed by atoms with Crippen molar-refractivity contribution in [3.05, 3.63) is 24.0 Å². The van der Waals surface area contributed by atoms with Gasteiger partial charge in [-0.1, -0.05) is 0 Å². The van der Waals surface area contributed by atoms with E-state index in [1.54, 1.807) is 0 Å². The third-order valence-corrected chi connectivity index (χ3v) is 2.10. The highest BCUT2D eigenvalue weighted by Crippen LogP contribution is 2.19. The third kappa shape index (κ3) is 2.51. The standard InChI is InChI=1S/C7H7FN2O3S/c8-4-1-2-5(10-7(9)11)6(3-4)14(12)13/h1-3H,(H,12,13)(H3,9,10,11). The number of primary amides is 1. The molecule has 0 saturated carbocycles. The number of halogens is 1. The highest BCUT2D eigenvalue weighted by Gasteiger charge is 2.10. The monoisotopic (exact) mass is 218 g/mol. The van der Waals surface area contributed by atoms with Crippen LogP contribution in [0, 0.1) is 5.82 Å². The van der Waals surface area contributed by atoms with E-state index < -0.39 is 22.9 Å². The average Bonchev–Trinajstić information content (AvgIpc) is 2.07. The van der Waals surface area contributed by atoms with Crippen LogP contribution in [0.4, 0.5) is 14.9 Å². The number of carbonyl (C=O) groups excluding carboxylic acids is 1. The number of anilines is 1. The normalized spacial score (nSPS) is 12.1. The summed E-state index contributed by atoms with van der Waals surface area (Å²) in [6, 6.07) is 2.16. The van der Waals surface area contributed by atoms with Gasteiger partial charge in [0.05, 0.1) is 10.6 Å². The van der Waals surface area contributed by atoms with E-state index in [9.17, 15) is 13.4 Å². The number of benzene rings is 1. The molecule has 1 aromatic rings. The molecule has 1 unspecified atom stereocenters. The number of hydrogen-bond acceptors (Lipinski definition) is 2. The van der Waals surface area contributed by atoms with E-state index in [0.717, 1.165) is 18.2 Å². The van der Waals surface area contributed by atoms with Crippen LogP contribution in [0.5, 0.6) is 0 Å². The zero-order chi connectivity index (χ0) is 10.7. The van der Waals surface area contributed by atoms with Crippen LogP contribution < -0.4 is 11.1 Å². The Balaban J connectivity index is 3.14. The van der Waals surface area contributed by atoms with Crippen molar-refractivity contribution < 1.29 is 17.9 Å². The number of urea groups is 1. The van der Waals surface area contributed by atoms with E-state index in [2.05, 4.69) is 5.32 Å². The molecule has 14 heavy (non-hydrogen) atoms. The summed E-state index contributed by atoms with van der Waals surface area (Å²) in [7, 11) is 0. The molecule has 7 heteroatoms. The molecule has 0 saturated heterocycles. The lowest BCUT2D eigenvalue weighted by Crippen LogP contribution is -2.20. The van der Waals surface area contributed by atoms with E-state index in [4.69, 9.17) is 10.3 Å². The van der Waals surface area contributed by atoms with Crippen molar-refractivity contribution in [1.29, 1.82) is 0 Å². The molecule has 1 aromatic carbocycles. The number of nitrogens with one attached hydrogen (secondary N) is 1. The van der Waals surface area contributed by atoms with E-state index in [1.165, 1.54) is 0 Å². The molecule has 1 atom stereocenters. The minimum absolute atomic E-state index is 0.0136. The number of rotatable bonds is 2. The Morgan fingerprint density at radius 3 is 2.71 bits per heavy atom. The topological polar surface area (TPSA) is 92.4 Å². The summed E-state index contributed by atoms with van der Waals surface area (Å²) in [5.74, 6) is -0.669. The predicted octanol–water partition coefficient (Wildman–Crippen LogP) is 0.897. The summed E-state index contributed by atoms with van der Waals surface area (Å²) < 4.78 is 32.1. The smallest absolute Gasteiger partial charge is 0.316 e. The van der Waals surface area contributed by atoms with Crippen LogP contribution >= 0.6 is 0 Å². The second kappa shape index (κ2) is 4.16. The lowest BCUT2D eigenvalue weighted by Gasteiger charge is -2.05. The van der Waals surface area contributed by atoms with Gasteiger partial charge in [-0.05, 0) is 18.2 Å². The van der Waals surface area contributed by atoms with Crippen molar-refractivity contribution in [3.8, 4) is 0 Å². The Labute approximate surface area is 81.4 Å². The van der Waals surface area contributed by atoms with Gasteiger partial charge in [0.15, 0.2) is 11.1 Å². The average molecular weight is 218 g/mol. The van der Waals surface area contributed by atoms with Crippen LogP contribution in [0.25, 0.3) is 0 Å². The molecule has 4 N–H and O–H groups in total. The first-order valence-corrected chi connectivity index (χ1v) is 4.58. The van der Waals surface area contributed by atoms with Crippen LogP contribution in [-0.2, 0) is 11.1 Å². The van der Waals surface area contributed by atoms with E-state index >= 15 is 0 Å². The first kappa shape index (κ1) is 10.6. The predicted molar refractivity (Wildman–Crippen MR) is 48.6 cm³/mol.